The molecule has 0 bridgehead atoms. The number of carbonyl (C=O) groups excluding carboxylic acids is 2. The molecule has 0 radical (unpaired) electrons. The summed E-state index contributed by atoms with van der Waals surface area (Å²) in [6, 6.07) is 10.8. The van der Waals surface area contributed by atoms with E-state index in [0.29, 0.717) is 35.2 Å². The van der Waals surface area contributed by atoms with Gasteiger partial charge in [0, 0.05) is 60.4 Å². The van der Waals surface area contributed by atoms with Crippen molar-refractivity contribution in [2.24, 2.45) is 11.8 Å². The Hall–Kier alpha value is -2.29. The average Bonchev–Trinajstić information content (AvgIpc) is 3.30. The molecule has 5 rings (SSSR count). The maximum absolute atomic E-state index is 13.1. The first-order valence-corrected chi connectivity index (χ1v) is 14.2. The molecule has 0 saturated carbocycles. The van der Waals surface area contributed by atoms with Gasteiger partial charge in [0.1, 0.15) is 0 Å². The lowest BCUT2D eigenvalue weighted by Crippen LogP contribution is -2.42. The molecule has 5 nitrogen and oxygen atoms in total. The van der Waals surface area contributed by atoms with Gasteiger partial charge in [-0.2, -0.15) is 13.2 Å². The number of likely N-dealkylation sites (tertiary alicyclic amines) is 2. The molecule has 2 amide bonds. The topological polar surface area (TPSA) is 49.9 Å². The van der Waals surface area contributed by atoms with E-state index in [1.807, 2.05) is 17.0 Å². The third kappa shape index (κ3) is 6.23. The maximum atomic E-state index is 13.1. The molecule has 3 aliphatic rings. The largest absolute Gasteiger partial charge is 0.391 e. The lowest BCUT2D eigenvalue weighted by molar-refractivity contribution is -0.183. The number of alkyl halides is 3. The Labute approximate surface area is 236 Å². The standard InChI is InChI=1S/C29H31Cl2F3N2O3/c30-25-16-21(17-26(31)24(25)15-20-5-12-36(28(20)38)23-8-13-39-14-9-23)18-1-3-19(4-2-18)27(37)35-10-6-22(7-11-35)29(32,33)34/h1-4,16-17,20,22-23H,5-15H2. The zero-order valence-corrected chi connectivity index (χ0v) is 23.0. The highest BCUT2D eigenvalue weighted by Crippen LogP contribution is 2.37. The molecule has 210 valence electrons. The quantitative estimate of drug-likeness (QED) is 0.397. The molecule has 3 aliphatic heterocycles. The molecule has 3 saturated heterocycles. The van der Waals surface area contributed by atoms with Gasteiger partial charge in [-0.15, -0.1) is 0 Å². The van der Waals surface area contributed by atoms with Crippen LogP contribution in [0, 0.1) is 11.8 Å². The number of hydrogen-bond donors (Lipinski definition) is 0. The van der Waals surface area contributed by atoms with Gasteiger partial charge in [0.15, 0.2) is 0 Å². The number of amides is 2. The van der Waals surface area contributed by atoms with Crippen LogP contribution in [0.4, 0.5) is 13.2 Å². The summed E-state index contributed by atoms with van der Waals surface area (Å²) in [4.78, 5) is 29.4. The summed E-state index contributed by atoms with van der Waals surface area (Å²) in [5.74, 6) is -1.62. The van der Waals surface area contributed by atoms with Crippen LogP contribution in [0.2, 0.25) is 10.0 Å². The van der Waals surface area contributed by atoms with E-state index in [1.165, 1.54) is 4.90 Å². The highest BCUT2D eigenvalue weighted by molar-refractivity contribution is 6.36. The van der Waals surface area contributed by atoms with Crippen LogP contribution in [-0.2, 0) is 16.0 Å². The first kappa shape index (κ1) is 28.2. The number of benzene rings is 2. The Morgan fingerprint density at radius 3 is 2.10 bits per heavy atom. The summed E-state index contributed by atoms with van der Waals surface area (Å²) in [6.45, 7) is 2.30. The van der Waals surface area contributed by atoms with E-state index in [9.17, 15) is 22.8 Å². The van der Waals surface area contributed by atoms with Crippen molar-refractivity contribution >= 4 is 35.0 Å². The van der Waals surface area contributed by atoms with Gasteiger partial charge in [0.05, 0.1) is 5.92 Å². The second-order valence-electron chi connectivity index (χ2n) is 10.7. The summed E-state index contributed by atoms with van der Waals surface area (Å²) >= 11 is 13.3. The molecule has 0 spiro atoms. The van der Waals surface area contributed by atoms with Crippen LogP contribution in [0.5, 0.6) is 0 Å². The summed E-state index contributed by atoms with van der Waals surface area (Å²) in [6.07, 6.45) is -1.37. The van der Waals surface area contributed by atoms with E-state index in [4.69, 9.17) is 27.9 Å². The van der Waals surface area contributed by atoms with E-state index >= 15 is 0 Å². The van der Waals surface area contributed by atoms with E-state index in [2.05, 4.69) is 0 Å². The monoisotopic (exact) mass is 582 g/mol. The maximum Gasteiger partial charge on any atom is 0.391 e. The van der Waals surface area contributed by atoms with Gasteiger partial charge in [0.25, 0.3) is 5.91 Å². The highest BCUT2D eigenvalue weighted by Gasteiger charge is 2.42. The molecular formula is C29H31Cl2F3N2O3. The van der Waals surface area contributed by atoms with Crippen LogP contribution in [0.25, 0.3) is 11.1 Å². The van der Waals surface area contributed by atoms with E-state index < -0.39 is 12.1 Å². The lowest BCUT2D eigenvalue weighted by Gasteiger charge is -2.33. The Morgan fingerprint density at radius 1 is 0.897 bits per heavy atom. The van der Waals surface area contributed by atoms with Crippen molar-refractivity contribution in [1.29, 1.82) is 0 Å². The minimum absolute atomic E-state index is 0.0727. The lowest BCUT2D eigenvalue weighted by atomic mass is 9.94. The zero-order chi connectivity index (χ0) is 27.7. The molecule has 3 heterocycles. The van der Waals surface area contributed by atoms with Crippen LogP contribution in [0.15, 0.2) is 36.4 Å². The van der Waals surface area contributed by atoms with Crippen molar-refractivity contribution in [3.8, 4) is 11.1 Å². The van der Waals surface area contributed by atoms with Crippen molar-refractivity contribution in [3.63, 3.8) is 0 Å². The van der Waals surface area contributed by atoms with E-state index in [0.717, 1.165) is 42.5 Å². The third-order valence-corrected chi connectivity index (χ3v) is 8.96. The van der Waals surface area contributed by atoms with Gasteiger partial charge >= 0.3 is 6.18 Å². The van der Waals surface area contributed by atoms with Gasteiger partial charge in [-0.25, -0.2) is 0 Å². The molecule has 0 N–H and O–H groups in total. The fourth-order valence-corrected chi connectivity index (χ4v) is 6.56. The molecule has 0 aromatic heterocycles. The SMILES string of the molecule is O=C(c1ccc(-c2cc(Cl)c(CC3CCN(C4CCOCC4)C3=O)c(Cl)c2)cc1)N1CCC(C(F)(F)F)CC1. The molecular weight excluding hydrogens is 552 g/mol. The van der Waals surface area contributed by atoms with Crippen molar-refractivity contribution < 1.29 is 27.5 Å². The minimum atomic E-state index is -4.22. The smallest absolute Gasteiger partial charge is 0.381 e. The predicted octanol–water partition coefficient (Wildman–Crippen LogP) is 6.64. The van der Waals surface area contributed by atoms with Crippen LogP contribution in [-0.4, -0.2) is 66.7 Å². The number of piperidine rings is 1. The minimum Gasteiger partial charge on any atom is -0.381 e. The Balaban J connectivity index is 1.23. The number of ether oxygens (including phenoxy) is 1. The van der Waals surface area contributed by atoms with Gasteiger partial charge in [0.2, 0.25) is 5.91 Å². The Bertz CT molecular complexity index is 1180. The molecule has 10 heteroatoms. The average molecular weight is 583 g/mol. The molecule has 0 aliphatic carbocycles. The number of rotatable bonds is 5. The van der Waals surface area contributed by atoms with Gasteiger partial charge in [-0.1, -0.05) is 35.3 Å². The fraction of sp³-hybridized carbons (Fsp3) is 0.517. The van der Waals surface area contributed by atoms with Gasteiger partial charge in [-0.05, 0) is 79.5 Å². The van der Waals surface area contributed by atoms with Gasteiger partial charge < -0.3 is 14.5 Å². The summed E-state index contributed by atoms with van der Waals surface area (Å²) < 4.78 is 44.3. The van der Waals surface area contributed by atoms with Crippen molar-refractivity contribution in [3.05, 3.63) is 57.6 Å². The third-order valence-electron chi connectivity index (χ3n) is 8.28. The van der Waals surface area contributed by atoms with Crippen molar-refractivity contribution in [1.82, 2.24) is 9.80 Å². The molecule has 2 aromatic rings. The number of hydrogen-bond acceptors (Lipinski definition) is 3. The normalized spacial score (nSPS) is 21.6. The molecule has 39 heavy (non-hydrogen) atoms. The zero-order valence-electron chi connectivity index (χ0n) is 21.5. The van der Waals surface area contributed by atoms with E-state index in [1.54, 1.807) is 24.3 Å². The summed E-state index contributed by atoms with van der Waals surface area (Å²) in [5, 5.41) is 0.977. The molecule has 3 fully saturated rings. The molecule has 2 aromatic carbocycles. The van der Waals surface area contributed by atoms with Crippen LogP contribution in [0.1, 0.15) is 48.0 Å². The summed E-state index contributed by atoms with van der Waals surface area (Å²) in [5.41, 5.74) is 2.76. The van der Waals surface area contributed by atoms with Crippen molar-refractivity contribution in [2.75, 3.05) is 32.8 Å². The van der Waals surface area contributed by atoms with Gasteiger partial charge in [-0.3, -0.25) is 9.59 Å². The fourth-order valence-electron chi connectivity index (χ4n) is 5.92. The van der Waals surface area contributed by atoms with Crippen molar-refractivity contribution in [2.45, 2.75) is 50.7 Å². The first-order valence-electron chi connectivity index (χ1n) is 13.4. The number of nitrogens with zero attached hydrogens (tertiary/aromatic N) is 2. The van der Waals surface area contributed by atoms with E-state index in [-0.39, 0.29) is 49.7 Å². The molecule has 1 atom stereocenters. The van der Waals surface area contributed by atoms with Crippen LogP contribution in [0.3, 0.4) is 0 Å². The predicted molar refractivity (Wildman–Crippen MR) is 144 cm³/mol. The van der Waals surface area contributed by atoms with Crippen LogP contribution >= 0.6 is 23.2 Å². The summed E-state index contributed by atoms with van der Waals surface area (Å²) in [7, 11) is 0. The Kier molecular flexibility index (Phi) is 8.45. The highest BCUT2D eigenvalue weighted by atomic mass is 35.5. The van der Waals surface area contributed by atoms with Crippen LogP contribution < -0.4 is 0 Å². The Morgan fingerprint density at radius 2 is 1.51 bits per heavy atom. The number of halogens is 5. The molecule has 1 unspecified atom stereocenters. The first-order chi connectivity index (χ1) is 18.6. The number of carbonyl (C=O) groups is 2. The second-order valence-corrected chi connectivity index (χ2v) is 11.5. The second kappa shape index (κ2) is 11.7.